The SMILES string of the molecule is NC(=O)c1ccc(Oc2ccccc2)cc1C(=O)O. The van der Waals surface area contributed by atoms with E-state index in [1.807, 2.05) is 6.07 Å². The summed E-state index contributed by atoms with van der Waals surface area (Å²) in [5.74, 6) is -1.12. The molecule has 0 saturated heterocycles. The predicted molar refractivity (Wildman–Crippen MR) is 68.4 cm³/mol. The molecule has 0 bridgehead atoms. The number of benzene rings is 2. The van der Waals surface area contributed by atoms with E-state index in [0.717, 1.165) is 0 Å². The molecule has 5 nitrogen and oxygen atoms in total. The molecule has 0 aliphatic rings. The van der Waals surface area contributed by atoms with E-state index in [1.54, 1.807) is 24.3 Å². The number of primary amides is 1. The third-order valence-electron chi connectivity index (χ3n) is 2.47. The lowest BCUT2D eigenvalue weighted by atomic mass is 10.1. The van der Waals surface area contributed by atoms with E-state index >= 15 is 0 Å². The second kappa shape index (κ2) is 5.22. The zero-order valence-corrected chi connectivity index (χ0v) is 9.87. The van der Waals surface area contributed by atoms with Crippen molar-refractivity contribution in [3.8, 4) is 11.5 Å². The topological polar surface area (TPSA) is 89.6 Å². The van der Waals surface area contributed by atoms with Gasteiger partial charge in [-0.3, -0.25) is 4.79 Å². The maximum atomic E-state index is 11.1. The minimum atomic E-state index is -1.23. The lowest BCUT2D eigenvalue weighted by Gasteiger charge is -2.08. The molecule has 2 aromatic rings. The number of hydrogen-bond donors (Lipinski definition) is 2. The summed E-state index contributed by atoms with van der Waals surface area (Å²) in [5, 5.41) is 9.04. The van der Waals surface area contributed by atoms with E-state index < -0.39 is 11.9 Å². The first-order valence-electron chi connectivity index (χ1n) is 5.48. The van der Waals surface area contributed by atoms with Gasteiger partial charge >= 0.3 is 5.97 Å². The zero-order chi connectivity index (χ0) is 13.8. The number of rotatable bonds is 4. The Morgan fingerprint density at radius 3 is 2.21 bits per heavy atom. The van der Waals surface area contributed by atoms with Crippen LogP contribution in [0.25, 0.3) is 0 Å². The summed E-state index contributed by atoms with van der Waals surface area (Å²) in [4.78, 5) is 22.2. The van der Waals surface area contributed by atoms with E-state index in [9.17, 15) is 9.59 Å². The van der Waals surface area contributed by atoms with Crippen molar-refractivity contribution in [1.29, 1.82) is 0 Å². The van der Waals surface area contributed by atoms with Gasteiger partial charge in [0, 0.05) is 0 Å². The number of ether oxygens (including phenoxy) is 1. The van der Waals surface area contributed by atoms with Crippen molar-refractivity contribution in [3.63, 3.8) is 0 Å². The van der Waals surface area contributed by atoms with Gasteiger partial charge in [0.2, 0.25) is 5.91 Å². The van der Waals surface area contributed by atoms with Gasteiger partial charge in [-0.05, 0) is 30.3 Å². The molecule has 5 heteroatoms. The summed E-state index contributed by atoms with van der Waals surface area (Å²) in [6.45, 7) is 0. The van der Waals surface area contributed by atoms with Crippen LogP contribution in [0.3, 0.4) is 0 Å². The number of carbonyl (C=O) groups excluding carboxylic acids is 1. The van der Waals surface area contributed by atoms with Gasteiger partial charge in [0.05, 0.1) is 11.1 Å². The molecule has 0 aromatic heterocycles. The van der Waals surface area contributed by atoms with E-state index in [0.29, 0.717) is 11.5 Å². The normalized spacial score (nSPS) is 9.89. The number of nitrogens with two attached hydrogens (primary N) is 1. The standard InChI is InChI=1S/C14H11NO4/c15-13(16)11-7-6-10(8-12(11)14(17)18)19-9-4-2-1-3-5-9/h1-8H,(H2,15,16)(H,17,18). The Labute approximate surface area is 109 Å². The molecule has 0 spiro atoms. The average Bonchev–Trinajstić information content (AvgIpc) is 2.39. The van der Waals surface area contributed by atoms with Gasteiger partial charge in [0.25, 0.3) is 0 Å². The van der Waals surface area contributed by atoms with E-state index in [2.05, 4.69) is 0 Å². The van der Waals surface area contributed by atoms with Crippen LogP contribution in [0.5, 0.6) is 11.5 Å². The van der Waals surface area contributed by atoms with Crippen LogP contribution in [-0.4, -0.2) is 17.0 Å². The van der Waals surface area contributed by atoms with Crippen LogP contribution in [0.2, 0.25) is 0 Å². The number of carboxylic acid groups (broad SMARTS) is 1. The van der Waals surface area contributed by atoms with Gasteiger partial charge in [-0.15, -0.1) is 0 Å². The fraction of sp³-hybridized carbons (Fsp3) is 0. The smallest absolute Gasteiger partial charge is 0.336 e. The van der Waals surface area contributed by atoms with Crippen LogP contribution in [0.15, 0.2) is 48.5 Å². The van der Waals surface area contributed by atoms with Crippen LogP contribution in [0.4, 0.5) is 0 Å². The van der Waals surface area contributed by atoms with E-state index in [-0.39, 0.29) is 11.1 Å². The summed E-state index contributed by atoms with van der Waals surface area (Å²) in [5.41, 5.74) is 4.88. The molecule has 19 heavy (non-hydrogen) atoms. The Hall–Kier alpha value is -2.82. The number of hydrogen-bond acceptors (Lipinski definition) is 3. The monoisotopic (exact) mass is 257 g/mol. The molecule has 0 unspecified atom stereocenters. The number of carboxylic acids is 1. The summed E-state index contributed by atoms with van der Waals surface area (Å²) in [6, 6.07) is 13.0. The molecule has 0 aliphatic carbocycles. The fourth-order valence-electron chi connectivity index (χ4n) is 1.60. The van der Waals surface area contributed by atoms with Crippen molar-refractivity contribution < 1.29 is 19.4 Å². The quantitative estimate of drug-likeness (QED) is 0.879. The van der Waals surface area contributed by atoms with E-state index in [4.69, 9.17) is 15.6 Å². The Bertz CT molecular complexity index is 623. The van der Waals surface area contributed by atoms with E-state index in [1.165, 1.54) is 18.2 Å². The molecular weight excluding hydrogens is 246 g/mol. The lowest BCUT2D eigenvalue weighted by Crippen LogP contribution is -2.16. The molecule has 0 radical (unpaired) electrons. The second-order valence-electron chi connectivity index (χ2n) is 3.79. The highest BCUT2D eigenvalue weighted by molar-refractivity contribution is 6.04. The van der Waals surface area contributed by atoms with Crippen LogP contribution in [0.1, 0.15) is 20.7 Å². The van der Waals surface area contributed by atoms with Crippen LogP contribution in [-0.2, 0) is 0 Å². The van der Waals surface area contributed by atoms with Gasteiger partial charge < -0.3 is 15.6 Å². The molecule has 0 saturated carbocycles. The van der Waals surface area contributed by atoms with Crippen molar-refractivity contribution in [1.82, 2.24) is 0 Å². The second-order valence-corrected chi connectivity index (χ2v) is 3.79. The molecule has 96 valence electrons. The summed E-state index contributed by atoms with van der Waals surface area (Å²) < 4.78 is 5.49. The zero-order valence-electron chi connectivity index (χ0n) is 9.87. The highest BCUT2D eigenvalue weighted by atomic mass is 16.5. The molecule has 0 heterocycles. The summed E-state index contributed by atoms with van der Waals surface area (Å²) in [7, 11) is 0. The summed E-state index contributed by atoms with van der Waals surface area (Å²) >= 11 is 0. The molecule has 0 fully saturated rings. The summed E-state index contributed by atoms with van der Waals surface area (Å²) in [6.07, 6.45) is 0. The average molecular weight is 257 g/mol. The molecule has 1 amide bonds. The van der Waals surface area contributed by atoms with Crippen LogP contribution >= 0.6 is 0 Å². The first kappa shape index (κ1) is 12.6. The van der Waals surface area contributed by atoms with Gasteiger partial charge in [0.15, 0.2) is 0 Å². The molecule has 2 aromatic carbocycles. The number of aromatic carboxylic acids is 1. The molecule has 2 rings (SSSR count). The number of para-hydroxylation sites is 1. The minimum Gasteiger partial charge on any atom is -0.478 e. The van der Waals surface area contributed by atoms with Crippen LogP contribution in [0, 0.1) is 0 Å². The lowest BCUT2D eigenvalue weighted by molar-refractivity contribution is 0.0691. The highest BCUT2D eigenvalue weighted by Gasteiger charge is 2.15. The van der Waals surface area contributed by atoms with Gasteiger partial charge in [0.1, 0.15) is 11.5 Å². The van der Waals surface area contributed by atoms with Gasteiger partial charge in [-0.2, -0.15) is 0 Å². The fourth-order valence-corrected chi connectivity index (χ4v) is 1.60. The molecule has 3 N–H and O–H groups in total. The molecular formula is C14H11NO4. The van der Waals surface area contributed by atoms with Crippen LogP contribution < -0.4 is 10.5 Å². The van der Waals surface area contributed by atoms with Crippen molar-refractivity contribution >= 4 is 11.9 Å². The first-order valence-corrected chi connectivity index (χ1v) is 5.48. The first-order chi connectivity index (χ1) is 9.08. The Balaban J connectivity index is 2.36. The van der Waals surface area contributed by atoms with Crippen molar-refractivity contribution in [3.05, 3.63) is 59.7 Å². The Morgan fingerprint density at radius 2 is 1.63 bits per heavy atom. The third-order valence-corrected chi connectivity index (χ3v) is 2.47. The maximum Gasteiger partial charge on any atom is 0.336 e. The van der Waals surface area contributed by atoms with Gasteiger partial charge in [-0.25, -0.2) is 4.79 Å². The predicted octanol–water partition coefficient (Wildman–Crippen LogP) is 2.28. The highest BCUT2D eigenvalue weighted by Crippen LogP contribution is 2.23. The van der Waals surface area contributed by atoms with Crippen molar-refractivity contribution in [2.24, 2.45) is 5.73 Å². The molecule has 0 atom stereocenters. The number of amides is 1. The largest absolute Gasteiger partial charge is 0.478 e. The minimum absolute atomic E-state index is 0.0482. The molecule has 0 aliphatic heterocycles. The third kappa shape index (κ3) is 2.90. The van der Waals surface area contributed by atoms with Gasteiger partial charge in [-0.1, -0.05) is 18.2 Å². The van der Waals surface area contributed by atoms with Crippen molar-refractivity contribution in [2.75, 3.05) is 0 Å². The van der Waals surface area contributed by atoms with Crippen molar-refractivity contribution in [2.45, 2.75) is 0 Å². The number of carbonyl (C=O) groups is 2. The Morgan fingerprint density at radius 1 is 0.947 bits per heavy atom. The Kier molecular flexibility index (Phi) is 3.47. The maximum absolute atomic E-state index is 11.1.